The molecular formula is C15H25NO3. The molecule has 0 saturated heterocycles. The zero-order valence-corrected chi connectivity index (χ0v) is 12.4. The molecule has 4 heteroatoms. The fourth-order valence-corrected chi connectivity index (χ4v) is 1.92. The summed E-state index contributed by atoms with van der Waals surface area (Å²) in [4.78, 5) is 0. The van der Waals surface area contributed by atoms with E-state index in [0.717, 1.165) is 18.4 Å². The lowest BCUT2D eigenvalue weighted by Gasteiger charge is -2.18. The van der Waals surface area contributed by atoms with Crippen LogP contribution in [-0.4, -0.2) is 20.8 Å². The molecular weight excluding hydrogens is 242 g/mol. The Balaban J connectivity index is 2.96. The van der Waals surface area contributed by atoms with Crippen LogP contribution in [0.15, 0.2) is 12.1 Å². The Labute approximate surface area is 115 Å². The van der Waals surface area contributed by atoms with E-state index in [1.807, 2.05) is 12.1 Å². The van der Waals surface area contributed by atoms with E-state index in [2.05, 4.69) is 13.8 Å². The van der Waals surface area contributed by atoms with E-state index in [4.69, 9.17) is 19.9 Å². The van der Waals surface area contributed by atoms with Crippen molar-refractivity contribution >= 4 is 0 Å². The first-order valence-corrected chi connectivity index (χ1v) is 6.77. The maximum Gasteiger partial charge on any atom is 0.203 e. The third-order valence-electron chi connectivity index (χ3n) is 3.37. The number of benzene rings is 1. The summed E-state index contributed by atoms with van der Waals surface area (Å²) in [5, 5.41) is 0. The van der Waals surface area contributed by atoms with Crippen molar-refractivity contribution in [2.24, 2.45) is 11.7 Å². The van der Waals surface area contributed by atoms with Crippen LogP contribution >= 0.6 is 0 Å². The van der Waals surface area contributed by atoms with E-state index >= 15 is 0 Å². The number of hydrogen-bond donors (Lipinski definition) is 1. The van der Waals surface area contributed by atoms with Gasteiger partial charge in [0.05, 0.1) is 20.8 Å². The normalized spacial score (nSPS) is 10.6. The van der Waals surface area contributed by atoms with E-state index in [0.29, 0.717) is 36.3 Å². The zero-order chi connectivity index (χ0) is 14.3. The van der Waals surface area contributed by atoms with Crippen molar-refractivity contribution in [2.45, 2.75) is 33.2 Å². The Morgan fingerprint density at radius 3 is 1.95 bits per heavy atom. The van der Waals surface area contributed by atoms with Crippen molar-refractivity contribution < 1.29 is 14.2 Å². The van der Waals surface area contributed by atoms with Gasteiger partial charge < -0.3 is 19.9 Å². The van der Waals surface area contributed by atoms with Gasteiger partial charge in [-0.05, 0) is 23.6 Å². The third-order valence-corrected chi connectivity index (χ3v) is 3.37. The quantitative estimate of drug-likeness (QED) is 0.786. The Bertz CT molecular complexity index is 364. The molecule has 19 heavy (non-hydrogen) atoms. The number of ether oxygens (including phenoxy) is 3. The molecule has 4 nitrogen and oxygen atoms in total. The molecule has 0 aromatic heterocycles. The molecule has 0 atom stereocenters. The fraction of sp³-hybridized carbons (Fsp3) is 0.600. The van der Waals surface area contributed by atoms with Gasteiger partial charge in [-0.15, -0.1) is 0 Å². The van der Waals surface area contributed by atoms with Crippen molar-refractivity contribution in [1.82, 2.24) is 0 Å². The van der Waals surface area contributed by atoms with Gasteiger partial charge in [-0.25, -0.2) is 0 Å². The van der Waals surface area contributed by atoms with Crippen molar-refractivity contribution in [3.8, 4) is 17.2 Å². The predicted octanol–water partition coefficient (Wildman–Crippen LogP) is 2.98. The smallest absolute Gasteiger partial charge is 0.203 e. The maximum atomic E-state index is 5.90. The second kappa shape index (κ2) is 7.89. The molecule has 2 N–H and O–H groups in total. The van der Waals surface area contributed by atoms with E-state index < -0.39 is 0 Å². The van der Waals surface area contributed by atoms with Gasteiger partial charge in [0.25, 0.3) is 0 Å². The topological polar surface area (TPSA) is 53.7 Å². The predicted molar refractivity (Wildman–Crippen MR) is 77.0 cm³/mol. The molecule has 0 bridgehead atoms. The molecule has 1 aromatic rings. The molecule has 0 fully saturated rings. The molecule has 1 rings (SSSR count). The highest BCUT2D eigenvalue weighted by Crippen LogP contribution is 2.38. The van der Waals surface area contributed by atoms with Crippen molar-refractivity contribution in [1.29, 1.82) is 0 Å². The van der Waals surface area contributed by atoms with Crippen LogP contribution < -0.4 is 19.9 Å². The first-order chi connectivity index (χ1) is 9.19. The summed E-state index contributed by atoms with van der Waals surface area (Å²) in [5.74, 6) is 2.55. The van der Waals surface area contributed by atoms with Gasteiger partial charge >= 0.3 is 0 Å². The first-order valence-electron chi connectivity index (χ1n) is 6.77. The highest BCUT2D eigenvalue weighted by Gasteiger charge is 2.15. The lowest BCUT2D eigenvalue weighted by atomic mass is 10.1. The summed E-state index contributed by atoms with van der Waals surface area (Å²) >= 11 is 0. The van der Waals surface area contributed by atoms with Crippen LogP contribution in [0.5, 0.6) is 17.2 Å². The van der Waals surface area contributed by atoms with E-state index in [1.54, 1.807) is 14.2 Å². The standard InChI is InChI=1S/C15H25NO3/c1-5-11(6-2)10-19-15-13(17-3)7-12(9-16)8-14(15)18-4/h7-8,11H,5-6,9-10,16H2,1-4H3. The van der Waals surface area contributed by atoms with Gasteiger partial charge in [-0.1, -0.05) is 26.7 Å². The van der Waals surface area contributed by atoms with E-state index in [-0.39, 0.29) is 0 Å². The molecule has 0 aliphatic carbocycles. The Hall–Kier alpha value is -1.42. The summed E-state index contributed by atoms with van der Waals surface area (Å²) in [6.07, 6.45) is 2.20. The van der Waals surface area contributed by atoms with Crippen LogP contribution in [0.1, 0.15) is 32.3 Å². The minimum atomic E-state index is 0.444. The van der Waals surface area contributed by atoms with Gasteiger partial charge in [-0.2, -0.15) is 0 Å². The monoisotopic (exact) mass is 267 g/mol. The lowest BCUT2D eigenvalue weighted by molar-refractivity contribution is 0.220. The van der Waals surface area contributed by atoms with Crippen LogP contribution in [0.2, 0.25) is 0 Å². The summed E-state index contributed by atoms with van der Waals surface area (Å²) in [5.41, 5.74) is 6.62. The first kappa shape index (κ1) is 15.6. The number of methoxy groups -OCH3 is 2. The summed E-state index contributed by atoms with van der Waals surface area (Å²) < 4.78 is 16.6. The molecule has 108 valence electrons. The van der Waals surface area contributed by atoms with E-state index in [1.165, 1.54) is 0 Å². The van der Waals surface area contributed by atoms with Gasteiger partial charge in [0, 0.05) is 6.54 Å². The summed E-state index contributed by atoms with van der Waals surface area (Å²) in [7, 11) is 3.25. The second-order valence-corrected chi connectivity index (χ2v) is 4.53. The molecule has 0 aliphatic heterocycles. The molecule has 0 saturated carbocycles. The third kappa shape index (κ3) is 4.03. The summed E-state index contributed by atoms with van der Waals surface area (Å²) in [6.45, 7) is 5.45. The van der Waals surface area contributed by atoms with Gasteiger partial charge in [0.15, 0.2) is 11.5 Å². The SMILES string of the molecule is CCC(CC)COc1c(OC)cc(CN)cc1OC. The average molecular weight is 267 g/mol. The van der Waals surface area contributed by atoms with Crippen LogP contribution in [0, 0.1) is 5.92 Å². The molecule has 0 spiro atoms. The Morgan fingerprint density at radius 1 is 1.05 bits per heavy atom. The highest BCUT2D eigenvalue weighted by atomic mass is 16.5. The Morgan fingerprint density at radius 2 is 1.58 bits per heavy atom. The molecule has 0 aliphatic rings. The van der Waals surface area contributed by atoms with Crippen molar-refractivity contribution in [3.05, 3.63) is 17.7 Å². The van der Waals surface area contributed by atoms with Crippen LogP contribution in [0.4, 0.5) is 0 Å². The number of hydrogen-bond acceptors (Lipinski definition) is 4. The fourth-order valence-electron chi connectivity index (χ4n) is 1.92. The average Bonchev–Trinajstić information content (AvgIpc) is 2.47. The van der Waals surface area contributed by atoms with Crippen LogP contribution in [-0.2, 0) is 6.54 Å². The van der Waals surface area contributed by atoms with E-state index in [9.17, 15) is 0 Å². The van der Waals surface area contributed by atoms with Crippen molar-refractivity contribution in [2.75, 3.05) is 20.8 Å². The van der Waals surface area contributed by atoms with Gasteiger partial charge in [0.2, 0.25) is 5.75 Å². The molecule has 0 heterocycles. The van der Waals surface area contributed by atoms with Crippen LogP contribution in [0.25, 0.3) is 0 Å². The zero-order valence-electron chi connectivity index (χ0n) is 12.4. The second-order valence-electron chi connectivity index (χ2n) is 4.53. The minimum absolute atomic E-state index is 0.444. The maximum absolute atomic E-state index is 5.90. The lowest BCUT2D eigenvalue weighted by Crippen LogP contribution is -2.11. The summed E-state index contributed by atoms with van der Waals surface area (Å²) in [6, 6.07) is 3.79. The van der Waals surface area contributed by atoms with Crippen LogP contribution in [0.3, 0.4) is 0 Å². The molecule has 0 radical (unpaired) electrons. The highest BCUT2D eigenvalue weighted by molar-refractivity contribution is 5.53. The van der Waals surface area contributed by atoms with Gasteiger partial charge in [0.1, 0.15) is 0 Å². The number of rotatable bonds is 8. The molecule has 0 unspecified atom stereocenters. The Kier molecular flexibility index (Phi) is 6.50. The molecule has 0 amide bonds. The molecule has 1 aromatic carbocycles. The van der Waals surface area contributed by atoms with Gasteiger partial charge in [-0.3, -0.25) is 0 Å². The van der Waals surface area contributed by atoms with Crippen molar-refractivity contribution in [3.63, 3.8) is 0 Å². The minimum Gasteiger partial charge on any atom is -0.493 e. The number of nitrogens with two attached hydrogens (primary N) is 1. The largest absolute Gasteiger partial charge is 0.493 e.